The molecule has 0 saturated heterocycles. The van der Waals surface area contributed by atoms with E-state index in [4.69, 9.17) is 9.84 Å². The Morgan fingerprint density at radius 2 is 2.20 bits per heavy atom. The second-order valence-corrected chi connectivity index (χ2v) is 3.24. The number of benzene rings is 1. The first-order valence-corrected chi connectivity index (χ1v) is 4.71. The fourth-order valence-corrected chi connectivity index (χ4v) is 1.39. The highest BCUT2D eigenvalue weighted by Crippen LogP contribution is 2.24. The van der Waals surface area contributed by atoms with Crippen molar-refractivity contribution in [3.63, 3.8) is 0 Å². The third-order valence-electron chi connectivity index (χ3n) is 2.10. The molecule has 0 amide bonds. The average Bonchev–Trinajstić information content (AvgIpc) is 2.17. The van der Waals surface area contributed by atoms with Crippen LogP contribution in [0.25, 0.3) is 0 Å². The van der Waals surface area contributed by atoms with E-state index in [9.17, 15) is 9.90 Å². The van der Waals surface area contributed by atoms with E-state index in [1.165, 1.54) is 0 Å². The van der Waals surface area contributed by atoms with Crippen LogP contribution in [0.4, 0.5) is 0 Å². The van der Waals surface area contributed by atoms with Crippen LogP contribution in [0.1, 0.15) is 18.4 Å². The lowest BCUT2D eigenvalue weighted by Crippen LogP contribution is -1.97. The van der Waals surface area contributed by atoms with E-state index >= 15 is 0 Å². The summed E-state index contributed by atoms with van der Waals surface area (Å²) in [6, 6.07) is 4.81. The topological polar surface area (TPSA) is 66.8 Å². The van der Waals surface area contributed by atoms with E-state index < -0.39 is 5.97 Å². The van der Waals surface area contributed by atoms with Gasteiger partial charge in [-0.25, -0.2) is 0 Å². The first-order valence-electron chi connectivity index (χ1n) is 4.71. The molecule has 4 heteroatoms. The van der Waals surface area contributed by atoms with Crippen molar-refractivity contribution in [2.45, 2.75) is 19.3 Å². The van der Waals surface area contributed by atoms with Gasteiger partial charge in [0.05, 0.1) is 7.11 Å². The van der Waals surface area contributed by atoms with Crippen molar-refractivity contribution in [1.29, 1.82) is 0 Å². The van der Waals surface area contributed by atoms with Gasteiger partial charge in [-0.05, 0) is 36.6 Å². The normalized spacial score (nSPS) is 9.93. The lowest BCUT2D eigenvalue weighted by atomic mass is 10.1. The van der Waals surface area contributed by atoms with Crippen molar-refractivity contribution < 1.29 is 19.7 Å². The quantitative estimate of drug-likeness (QED) is 0.777. The Morgan fingerprint density at radius 1 is 1.47 bits per heavy atom. The number of carbonyl (C=O) groups is 1. The summed E-state index contributed by atoms with van der Waals surface area (Å²) in [6.45, 7) is 0. The first-order chi connectivity index (χ1) is 7.13. The number of carboxylic acid groups (broad SMARTS) is 1. The molecule has 0 spiro atoms. The summed E-state index contributed by atoms with van der Waals surface area (Å²) in [5.74, 6) is 0.0356. The third-order valence-corrected chi connectivity index (χ3v) is 2.10. The Bertz CT molecular complexity index is 346. The molecule has 82 valence electrons. The van der Waals surface area contributed by atoms with Crippen LogP contribution in [0.15, 0.2) is 18.2 Å². The van der Waals surface area contributed by atoms with E-state index in [1.54, 1.807) is 25.3 Å². The largest absolute Gasteiger partial charge is 0.508 e. The molecule has 1 aromatic carbocycles. The standard InChI is InChI=1S/C11H14O4/c1-15-10-6-5-9(12)7-8(10)3-2-4-11(13)14/h5-7,12H,2-4H2,1H3,(H,13,14). The van der Waals surface area contributed by atoms with E-state index in [-0.39, 0.29) is 12.2 Å². The van der Waals surface area contributed by atoms with Crippen molar-refractivity contribution in [3.8, 4) is 11.5 Å². The van der Waals surface area contributed by atoms with Gasteiger partial charge in [-0.2, -0.15) is 0 Å². The smallest absolute Gasteiger partial charge is 0.303 e. The molecule has 0 aliphatic rings. The fourth-order valence-electron chi connectivity index (χ4n) is 1.39. The third kappa shape index (κ3) is 3.50. The molecule has 0 bridgehead atoms. The molecule has 0 aromatic heterocycles. The Balaban J connectivity index is 2.65. The molecule has 0 aliphatic carbocycles. The summed E-state index contributed by atoms with van der Waals surface area (Å²) in [6.07, 6.45) is 1.25. The molecule has 0 aliphatic heterocycles. The predicted molar refractivity (Wildman–Crippen MR) is 55.2 cm³/mol. The summed E-state index contributed by atoms with van der Waals surface area (Å²) in [4.78, 5) is 10.3. The maximum absolute atomic E-state index is 10.3. The lowest BCUT2D eigenvalue weighted by molar-refractivity contribution is -0.137. The molecule has 15 heavy (non-hydrogen) atoms. The van der Waals surface area contributed by atoms with E-state index in [2.05, 4.69) is 0 Å². The Morgan fingerprint density at radius 3 is 2.80 bits per heavy atom. The molecule has 0 radical (unpaired) electrons. The molecular formula is C11H14O4. The van der Waals surface area contributed by atoms with Crippen molar-refractivity contribution in [2.24, 2.45) is 0 Å². The van der Waals surface area contributed by atoms with Gasteiger partial charge in [0.25, 0.3) is 0 Å². The number of aromatic hydroxyl groups is 1. The summed E-state index contributed by atoms with van der Waals surface area (Å²) < 4.78 is 5.10. The minimum Gasteiger partial charge on any atom is -0.508 e. The van der Waals surface area contributed by atoms with Gasteiger partial charge in [-0.3, -0.25) is 4.79 Å². The highest BCUT2D eigenvalue weighted by molar-refractivity contribution is 5.66. The molecule has 0 fully saturated rings. The number of methoxy groups -OCH3 is 1. The zero-order valence-corrected chi connectivity index (χ0v) is 8.56. The van der Waals surface area contributed by atoms with Crippen LogP contribution in [0.5, 0.6) is 11.5 Å². The van der Waals surface area contributed by atoms with Gasteiger partial charge in [0.1, 0.15) is 11.5 Å². The summed E-state index contributed by atoms with van der Waals surface area (Å²) in [7, 11) is 1.55. The molecular weight excluding hydrogens is 196 g/mol. The number of phenolic OH excluding ortho intramolecular Hbond substituents is 1. The van der Waals surface area contributed by atoms with Gasteiger partial charge in [-0.1, -0.05) is 0 Å². The van der Waals surface area contributed by atoms with Crippen LogP contribution < -0.4 is 4.74 Å². The minimum absolute atomic E-state index is 0.124. The van der Waals surface area contributed by atoms with E-state index in [1.807, 2.05) is 0 Å². The lowest BCUT2D eigenvalue weighted by Gasteiger charge is -2.07. The predicted octanol–water partition coefficient (Wildman–Crippen LogP) is 1.81. The minimum atomic E-state index is -0.811. The Hall–Kier alpha value is -1.71. The van der Waals surface area contributed by atoms with Crippen LogP contribution in [0.2, 0.25) is 0 Å². The van der Waals surface area contributed by atoms with Crippen LogP contribution in [-0.4, -0.2) is 23.3 Å². The molecule has 0 unspecified atom stereocenters. The summed E-state index contributed by atoms with van der Waals surface area (Å²) in [5, 5.41) is 17.8. The van der Waals surface area contributed by atoms with Gasteiger partial charge in [0.15, 0.2) is 0 Å². The molecule has 1 rings (SSSR count). The molecule has 0 atom stereocenters. The fraction of sp³-hybridized carbons (Fsp3) is 0.364. The van der Waals surface area contributed by atoms with Gasteiger partial charge < -0.3 is 14.9 Å². The zero-order valence-electron chi connectivity index (χ0n) is 8.56. The maximum atomic E-state index is 10.3. The first kappa shape index (κ1) is 11.4. The van der Waals surface area contributed by atoms with Crippen molar-refractivity contribution in [1.82, 2.24) is 0 Å². The van der Waals surface area contributed by atoms with Gasteiger partial charge in [0.2, 0.25) is 0 Å². The SMILES string of the molecule is COc1ccc(O)cc1CCCC(=O)O. The number of hydrogen-bond acceptors (Lipinski definition) is 3. The summed E-state index contributed by atoms with van der Waals surface area (Å²) >= 11 is 0. The van der Waals surface area contributed by atoms with Gasteiger partial charge in [0, 0.05) is 6.42 Å². The van der Waals surface area contributed by atoms with Crippen molar-refractivity contribution in [3.05, 3.63) is 23.8 Å². The van der Waals surface area contributed by atoms with Crippen molar-refractivity contribution >= 4 is 5.97 Å². The maximum Gasteiger partial charge on any atom is 0.303 e. The molecule has 0 saturated carbocycles. The van der Waals surface area contributed by atoms with Crippen LogP contribution in [0, 0.1) is 0 Å². The van der Waals surface area contributed by atoms with Crippen LogP contribution >= 0.6 is 0 Å². The van der Waals surface area contributed by atoms with Gasteiger partial charge >= 0.3 is 5.97 Å². The Kier molecular flexibility index (Phi) is 3.97. The molecule has 2 N–H and O–H groups in total. The second kappa shape index (κ2) is 5.24. The molecule has 1 aromatic rings. The van der Waals surface area contributed by atoms with E-state index in [0.717, 1.165) is 5.56 Å². The average molecular weight is 210 g/mol. The van der Waals surface area contributed by atoms with Crippen LogP contribution in [0.3, 0.4) is 0 Å². The van der Waals surface area contributed by atoms with Gasteiger partial charge in [-0.15, -0.1) is 0 Å². The summed E-state index contributed by atoms with van der Waals surface area (Å²) in [5.41, 5.74) is 0.832. The number of hydrogen-bond donors (Lipinski definition) is 2. The number of phenols is 1. The monoisotopic (exact) mass is 210 g/mol. The number of ether oxygens (including phenoxy) is 1. The molecule has 4 nitrogen and oxygen atoms in total. The number of aliphatic carboxylic acids is 1. The van der Waals surface area contributed by atoms with Crippen LogP contribution in [-0.2, 0) is 11.2 Å². The second-order valence-electron chi connectivity index (χ2n) is 3.24. The highest BCUT2D eigenvalue weighted by atomic mass is 16.5. The Labute approximate surface area is 88.1 Å². The van der Waals surface area contributed by atoms with E-state index in [0.29, 0.717) is 18.6 Å². The van der Waals surface area contributed by atoms with Crippen molar-refractivity contribution in [2.75, 3.05) is 7.11 Å². The highest BCUT2D eigenvalue weighted by Gasteiger charge is 2.05. The number of rotatable bonds is 5. The zero-order chi connectivity index (χ0) is 11.3. The number of aryl methyl sites for hydroxylation is 1. The molecule has 0 heterocycles. The number of carboxylic acids is 1.